The van der Waals surface area contributed by atoms with Crippen molar-refractivity contribution in [3.05, 3.63) is 140 Å². The minimum absolute atomic E-state index is 0.0474. The summed E-state index contributed by atoms with van der Waals surface area (Å²) >= 11 is 0. The number of nitrogens with one attached hydrogen (secondary N) is 1. The molecule has 15 nitrogen and oxygen atoms in total. The van der Waals surface area contributed by atoms with E-state index in [1.165, 1.54) is 27.6 Å². The highest BCUT2D eigenvalue weighted by Gasteiger charge is 2.54. The van der Waals surface area contributed by atoms with Gasteiger partial charge in [0.2, 0.25) is 0 Å². The van der Waals surface area contributed by atoms with Crippen molar-refractivity contribution in [2.75, 3.05) is 6.54 Å². The maximum Gasteiger partial charge on any atom is 0.438 e. The first-order valence-corrected chi connectivity index (χ1v) is 18.8. The van der Waals surface area contributed by atoms with Gasteiger partial charge in [-0.3, -0.25) is 28.1 Å². The predicted molar refractivity (Wildman–Crippen MR) is 200 cm³/mol. The topological polar surface area (TPSA) is 159 Å². The largest absolute Gasteiger partial charge is 0.438 e. The minimum atomic E-state index is -0.787. The van der Waals surface area contributed by atoms with E-state index in [-0.39, 0.29) is 28.7 Å². The molecule has 2 saturated carbocycles. The lowest BCUT2D eigenvalue weighted by molar-refractivity contribution is 0.0675. The van der Waals surface area contributed by atoms with E-state index in [1.54, 1.807) is 74.6 Å². The van der Waals surface area contributed by atoms with Crippen LogP contribution in [0.25, 0.3) is 33.6 Å². The number of rotatable bonds is 7. The summed E-state index contributed by atoms with van der Waals surface area (Å²) in [7, 11) is 1.72. The highest BCUT2D eigenvalue weighted by molar-refractivity contribution is 5.98. The number of imidazole rings is 1. The molecule has 0 radical (unpaired) electrons. The second-order valence-electron chi connectivity index (χ2n) is 15.2. The molecule has 0 unspecified atom stereocenters. The van der Waals surface area contributed by atoms with E-state index < -0.39 is 28.7 Å². The first-order chi connectivity index (χ1) is 27.6. The number of amides is 1. The van der Waals surface area contributed by atoms with Crippen LogP contribution >= 0.6 is 0 Å². The fraction of sp³-hybridized carbons (Fsp3) is 0.275. The van der Waals surface area contributed by atoms with Crippen LogP contribution < -0.4 is 11.4 Å². The van der Waals surface area contributed by atoms with Crippen molar-refractivity contribution in [3.63, 3.8) is 0 Å². The third-order valence-electron chi connectivity index (χ3n) is 11.9. The summed E-state index contributed by atoms with van der Waals surface area (Å²) in [5, 5.41) is 18.1. The van der Waals surface area contributed by atoms with Crippen LogP contribution in [0.15, 0.2) is 87.4 Å². The van der Waals surface area contributed by atoms with Gasteiger partial charge < -0.3 is 4.90 Å². The highest BCUT2D eigenvalue weighted by atomic mass is 19.1. The number of H-pyrrole nitrogens is 1. The van der Waals surface area contributed by atoms with Crippen molar-refractivity contribution in [2.24, 2.45) is 7.05 Å². The van der Waals surface area contributed by atoms with Crippen LogP contribution in [-0.2, 0) is 18.9 Å². The third-order valence-corrected chi connectivity index (χ3v) is 11.9. The van der Waals surface area contributed by atoms with Crippen LogP contribution in [0.5, 0.6) is 0 Å². The summed E-state index contributed by atoms with van der Waals surface area (Å²) in [5.74, 6) is -1.07. The number of carbonyl (C=O) groups excluding carboxylic acids is 1. The molecule has 0 saturated heterocycles. The Hall–Kier alpha value is -6.91. The molecule has 2 aromatic carbocycles. The van der Waals surface area contributed by atoms with Crippen LogP contribution in [0.1, 0.15) is 83.3 Å². The Kier molecular flexibility index (Phi) is 6.92. The number of fused-ring (bicyclic) bond motifs is 3. The molecule has 17 heteroatoms. The summed E-state index contributed by atoms with van der Waals surface area (Å²) in [6.45, 7) is 2.19. The quantitative estimate of drug-likeness (QED) is 0.237. The Morgan fingerprint density at radius 1 is 1.02 bits per heavy atom. The van der Waals surface area contributed by atoms with Crippen LogP contribution in [0.4, 0.5) is 8.78 Å². The molecule has 0 spiro atoms. The lowest BCUT2D eigenvalue weighted by Gasteiger charge is -2.34. The number of halogens is 2. The fourth-order valence-electron chi connectivity index (χ4n) is 8.74. The number of hydrogen-bond donors (Lipinski definition) is 1. The SMILES string of the molecule is C[C@H]1c2c(nn(-c3ccc(F)c(C4CC4)c3)c2-n2ccn(-c3ccc4c(cnn4C)c3F)c2=O)CCN1C(=O)c1cc2cccnn2c1C1(c2noc(=O)[nH]2)CC1. The molecule has 2 fully saturated rings. The number of hydrogen-bond acceptors (Lipinski definition) is 8. The zero-order chi connectivity index (χ0) is 38.9. The maximum atomic E-state index is 16.0. The zero-order valence-corrected chi connectivity index (χ0v) is 30.7. The molecule has 0 bridgehead atoms. The van der Waals surface area contributed by atoms with Crippen molar-refractivity contribution in [2.45, 2.75) is 56.4 Å². The molecule has 57 heavy (non-hydrogen) atoms. The van der Waals surface area contributed by atoms with Crippen molar-refractivity contribution >= 4 is 22.3 Å². The van der Waals surface area contributed by atoms with Crippen LogP contribution in [-0.4, -0.2) is 65.8 Å². The van der Waals surface area contributed by atoms with Crippen LogP contribution in [0.3, 0.4) is 0 Å². The zero-order valence-electron chi connectivity index (χ0n) is 30.7. The van der Waals surface area contributed by atoms with E-state index >= 15 is 8.78 Å². The Labute approximate surface area is 320 Å². The second-order valence-corrected chi connectivity index (χ2v) is 15.2. The number of benzene rings is 2. The lowest BCUT2D eigenvalue weighted by Crippen LogP contribution is -2.40. The molecule has 1 amide bonds. The van der Waals surface area contributed by atoms with Crippen molar-refractivity contribution in [3.8, 4) is 17.2 Å². The normalized spacial score (nSPS) is 17.5. The molecule has 1 aliphatic heterocycles. The molecule has 1 N–H and O–H groups in total. The van der Waals surface area contributed by atoms with E-state index in [0.717, 1.165) is 12.8 Å². The number of aromatic amines is 1. The minimum Gasteiger partial charge on any atom is -0.331 e. The molecule has 7 heterocycles. The number of aromatic nitrogens is 10. The van der Waals surface area contributed by atoms with E-state index in [0.29, 0.717) is 82.2 Å². The molecule has 11 rings (SSSR count). The smallest absolute Gasteiger partial charge is 0.331 e. The molecule has 1 atom stereocenters. The van der Waals surface area contributed by atoms with E-state index in [2.05, 4.69) is 20.3 Å². The van der Waals surface area contributed by atoms with Gasteiger partial charge in [0.1, 0.15) is 11.6 Å². The molecule has 286 valence electrons. The Morgan fingerprint density at radius 2 is 1.84 bits per heavy atom. The van der Waals surface area contributed by atoms with Gasteiger partial charge in [-0.1, -0.05) is 5.16 Å². The first-order valence-electron chi connectivity index (χ1n) is 18.8. The average Bonchev–Trinajstić information content (AvgIpc) is 3.95. The van der Waals surface area contributed by atoms with Crippen molar-refractivity contribution < 1.29 is 18.1 Å². The van der Waals surface area contributed by atoms with Crippen molar-refractivity contribution in [1.29, 1.82) is 0 Å². The molecular formula is C40H33F2N11O4. The van der Waals surface area contributed by atoms with Gasteiger partial charge in [-0.15, -0.1) is 0 Å². The first kappa shape index (κ1) is 33.4. The van der Waals surface area contributed by atoms with Gasteiger partial charge in [0.15, 0.2) is 11.6 Å². The van der Waals surface area contributed by atoms with Gasteiger partial charge in [0.05, 0.1) is 62.4 Å². The molecule has 3 aliphatic rings. The second kappa shape index (κ2) is 11.8. The van der Waals surface area contributed by atoms with Crippen LogP contribution in [0, 0.1) is 11.6 Å². The third kappa shape index (κ3) is 4.83. The van der Waals surface area contributed by atoms with Gasteiger partial charge in [-0.2, -0.15) is 15.3 Å². The monoisotopic (exact) mass is 769 g/mol. The number of aryl methyl sites for hydroxylation is 1. The summed E-state index contributed by atoms with van der Waals surface area (Å²) in [5.41, 5.74) is 3.40. The van der Waals surface area contributed by atoms with Gasteiger partial charge in [-0.05, 0) is 92.6 Å². The lowest BCUT2D eigenvalue weighted by atomic mass is 9.94. The van der Waals surface area contributed by atoms with Gasteiger partial charge in [0, 0.05) is 44.2 Å². The summed E-state index contributed by atoms with van der Waals surface area (Å²) in [6.07, 6.45) is 9.46. The van der Waals surface area contributed by atoms with Gasteiger partial charge in [0.25, 0.3) is 5.91 Å². The Bertz CT molecular complexity index is 3100. The molecule has 6 aromatic heterocycles. The predicted octanol–water partition coefficient (Wildman–Crippen LogP) is 5.02. The standard InChI is InChI=1S/C40H33F2N11O4/c1-21-32-29(11-15-49(21)36(54)26-19-23-4-3-14-43-52(23)34(26)40(12-13-40)37-45-38(55)57-47-37)46-53(24-7-8-28(41)25(18-24)22-5-6-22)35(32)51-17-16-50(39(51)56)31-10-9-30-27(33(31)42)20-44-48(30)2/h3-4,7-10,14,16-22H,5-6,11-13,15H2,1-2H3,(H,45,47,55)/t21-/m0/s1. The van der Waals surface area contributed by atoms with Crippen LogP contribution in [0.2, 0.25) is 0 Å². The molecule has 8 aromatic rings. The Morgan fingerprint density at radius 3 is 2.61 bits per heavy atom. The van der Waals surface area contributed by atoms with Gasteiger partial charge in [-0.25, -0.2) is 27.6 Å². The number of nitrogens with zero attached hydrogens (tertiary/aromatic N) is 10. The maximum absolute atomic E-state index is 16.0. The summed E-state index contributed by atoms with van der Waals surface area (Å²) in [6, 6.07) is 12.9. The summed E-state index contributed by atoms with van der Waals surface area (Å²) in [4.78, 5) is 46.0. The van der Waals surface area contributed by atoms with E-state index in [4.69, 9.17) is 9.62 Å². The van der Waals surface area contributed by atoms with E-state index in [9.17, 15) is 14.4 Å². The number of carbonyl (C=O) groups is 1. The average molecular weight is 770 g/mol. The Balaban J connectivity index is 1.06. The summed E-state index contributed by atoms with van der Waals surface area (Å²) < 4.78 is 43.5. The molecular weight excluding hydrogens is 737 g/mol. The van der Waals surface area contributed by atoms with Crippen molar-refractivity contribution in [1.82, 2.24) is 53.3 Å². The highest BCUT2D eigenvalue weighted by Crippen LogP contribution is 2.54. The fourth-order valence-corrected chi connectivity index (χ4v) is 8.74. The van der Waals surface area contributed by atoms with Gasteiger partial charge >= 0.3 is 11.4 Å². The van der Waals surface area contributed by atoms with E-state index in [1.807, 2.05) is 13.0 Å². The molecule has 2 aliphatic carbocycles.